The van der Waals surface area contributed by atoms with Gasteiger partial charge in [-0.25, -0.2) is 0 Å². The molecule has 0 aliphatic heterocycles. The quantitative estimate of drug-likeness (QED) is 0.667. The van der Waals surface area contributed by atoms with Gasteiger partial charge in [-0.2, -0.15) is 0 Å². The highest BCUT2D eigenvalue weighted by molar-refractivity contribution is 6.02. The Morgan fingerprint density at radius 2 is 1.52 bits per heavy atom. The van der Waals surface area contributed by atoms with Crippen LogP contribution < -0.4 is 10.6 Å². The van der Waals surface area contributed by atoms with E-state index in [4.69, 9.17) is 0 Å². The minimum Gasteiger partial charge on any atom is -0.355 e. The molecule has 4 heteroatoms. The summed E-state index contributed by atoms with van der Waals surface area (Å²) in [6.45, 7) is 0. The van der Waals surface area contributed by atoms with E-state index >= 15 is 0 Å². The minimum absolute atomic E-state index is 0.161. The third-order valence-electron chi connectivity index (χ3n) is 4.06. The number of hydrogen-bond acceptors (Lipinski definition) is 2. The number of hydrogen-bond donors (Lipinski definition) is 2. The van der Waals surface area contributed by atoms with Gasteiger partial charge in [0.2, 0.25) is 5.91 Å². The molecule has 0 radical (unpaired) electrons. The highest BCUT2D eigenvalue weighted by Gasteiger charge is 2.03. The fraction of sp³-hybridized carbons (Fsp3) is 0.0435. The molecule has 4 nitrogen and oxygen atoms in total. The fourth-order valence-electron chi connectivity index (χ4n) is 2.66. The van der Waals surface area contributed by atoms with Crippen molar-refractivity contribution < 1.29 is 9.59 Å². The number of nitrogens with one attached hydrogen (secondary N) is 2. The van der Waals surface area contributed by atoms with Crippen molar-refractivity contribution in [3.8, 4) is 11.1 Å². The lowest BCUT2D eigenvalue weighted by molar-refractivity contribution is -0.111. The Hall–Kier alpha value is -3.66. The van der Waals surface area contributed by atoms with Crippen LogP contribution in [-0.4, -0.2) is 18.9 Å². The topological polar surface area (TPSA) is 58.2 Å². The molecule has 2 amide bonds. The maximum absolute atomic E-state index is 12.1. The van der Waals surface area contributed by atoms with Crippen molar-refractivity contribution >= 4 is 23.6 Å². The van der Waals surface area contributed by atoms with Crippen LogP contribution in [0.15, 0.2) is 84.9 Å². The van der Waals surface area contributed by atoms with Crippen LogP contribution in [0.2, 0.25) is 0 Å². The van der Waals surface area contributed by atoms with E-state index in [1.165, 1.54) is 6.08 Å². The second-order valence-corrected chi connectivity index (χ2v) is 5.97. The number of anilines is 1. The molecular formula is C23H20N2O2. The second-order valence-electron chi connectivity index (χ2n) is 5.97. The van der Waals surface area contributed by atoms with Crippen LogP contribution in [0.4, 0.5) is 5.69 Å². The summed E-state index contributed by atoms with van der Waals surface area (Å²) < 4.78 is 0. The molecule has 0 heterocycles. The van der Waals surface area contributed by atoms with E-state index in [-0.39, 0.29) is 11.8 Å². The zero-order chi connectivity index (χ0) is 19.1. The Bertz CT molecular complexity index is 961. The van der Waals surface area contributed by atoms with Crippen LogP contribution in [0, 0.1) is 0 Å². The molecule has 134 valence electrons. The van der Waals surface area contributed by atoms with Crippen molar-refractivity contribution in [3.05, 3.63) is 96.1 Å². The summed E-state index contributed by atoms with van der Waals surface area (Å²) in [6, 6.07) is 24.8. The number of amides is 2. The van der Waals surface area contributed by atoms with Crippen LogP contribution in [0.5, 0.6) is 0 Å². The number of rotatable bonds is 5. The van der Waals surface area contributed by atoms with E-state index < -0.39 is 0 Å². The van der Waals surface area contributed by atoms with Gasteiger partial charge in [0.15, 0.2) is 0 Å². The molecule has 3 rings (SSSR count). The maximum Gasteiger partial charge on any atom is 0.251 e. The first-order chi connectivity index (χ1) is 13.2. The average molecular weight is 356 g/mol. The predicted molar refractivity (Wildman–Crippen MR) is 109 cm³/mol. The zero-order valence-corrected chi connectivity index (χ0v) is 15.0. The highest BCUT2D eigenvalue weighted by atomic mass is 16.2. The first-order valence-electron chi connectivity index (χ1n) is 8.62. The van der Waals surface area contributed by atoms with Crippen molar-refractivity contribution in [1.29, 1.82) is 0 Å². The Balaban J connectivity index is 1.66. The van der Waals surface area contributed by atoms with E-state index in [0.717, 1.165) is 16.7 Å². The van der Waals surface area contributed by atoms with Gasteiger partial charge in [-0.05, 0) is 53.1 Å². The van der Waals surface area contributed by atoms with Gasteiger partial charge in [0, 0.05) is 24.4 Å². The van der Waals surface area contributed by atoms with Gasteiger partial charge in [-0.15, -0.1) is 0 Å². The van der Waals surface area contributed by atoms with Gasteiger partial charge < -0.3 is 10.6 Å². The summed E-state index contributed by atoms with van der Waals surface area (Å²) in [4.78, 5) is 23.7. The Morgan fingerprint density at radius 3 is 2.22 bits per heavy atom. The Morgan fingerprint density at radius 1 is 0.815 bits per heavy atom. The first-order valence-corrected chi connectivity index (χ1v) is 8.62. The summed E-state index contributed by atoms with van der Waals surface area (Å²) >= 11 is 0. The van der Waals surface area contributed by atoms with Crippen LogP contribution >= 0.6 is 0 Å². The molecule has 27 heavy (non-hydrogen) atoms. The lowest BCUT2D eigenvalue weighted by Crippen LogP contribution is -2.17. The molecule has 3 aromatic rings. The molecule has 0 aliphatic rings. The average Bonchev–Trinajstić information content (AvgIpc) is 2.73. The van der Waals surface area contributed by atoms with Crippen LogP contribution in [-0.2, 0) is 4.79 Å². The van der Waals surface area contributed by atoms with Crippen molar-refractivity contribution in [2.24, 2.45) is 0 Å². The summed E-state index contributed by atoms with van der Waals surface area (Å²) in [5.74, 6) is -0.390. The summed E-state index contributed by atoms with van der Waals surface area (Å²) in [7, 11) is 1.58. The Labute approximate surface area is 158 Å². The third kappa shape index (κ3) is 4.92. The summed E-state index contributed by atoms with van der Waals surface area (Å²) in [5, 5.41) is 5.34. The third-order valence-corrected chi connectivity index (χ3v) is 4.06. The predicted octanol–water partition coefficient (Wildman–Crippen LogP) is 4.37. The van der Waals surface area contributed by atoms with Gasteiger partial charge in [0.25, 0.3) is 5.91 Å². The van der Waals surface area contributed by atoms with Crippen molar-refractivity contribution in [2.45, 2.75) is 0 Å². The molecule has 2 N–H and O–H groups in total. The van der Waals surface area contributed by atoms with Gasteiger partial charge in [0.05, 0.1) is 0 Å². The van der Waals surface area contributed by atoms with Crippen LogP contribution in [0.3, 0.4) is 0 Å². The number of carbonyl (C=O) groups excluding carboxylic acids is 2. The summed E-state index contributed by atoms with van der Waals surface area (Å²) in [5.41, 5.74) is 4.36. The lowest BCUT2D eigenvalue weighted by atomic mass is 10.0. The monoisotopic (exact) mass is 356 g/mol. The second kappa shape index (κ2) is 8.63. The maximum atomic E-state index is 12.1. The van der Waals surface area contributed by atoms with Crippen LogP contribution in [0.1, 0.15) is 15.9 Å². The highest BCUT2D eigenvalue weighted by Crippen LogP contribution is 2.20. The molecule has 0 saturated heterocycles. The molecule has 0 fully saturated rings. The molecule has 0 unspecified atom stereocenters. The van der Waals surface area contributed by atoms with E-state index in [9.17, 15) is 9.59 Å². The van der Waals surface area contributed by atoms with E-state index in [1.807, 2.05) is 42.5 Å². The molecule has 0 aromatic heterocycles. The van der Waals surface area contributed by atoms with E-state index in [1.54, 1.807) is 37.4 Å². The lowest BCUT2D eigenvalue weighted by Gasteiger charge is -2.04. The number of benzene rings is 3. The first kappa shape index (κ1) is 18.1. The van der Waals surface area contributed by atoms with E-state index in [2.05, 4.69) is 22.8 Å². The van der Waals surface area contributed by atoms with Crippen LogP contribution in [0.25, 0.3) is 17.2 Å². The SMILES string of the molecule is CNC(=O)c1ccc(NC(=O)/C=C/c2cccc(-c3ccccc3)c2)cc1. The van der Waals surface area contributed by atoms with Gasteiger partial charge in [0.1, 0.15) is 0 Å². The van der Waals surface area contributed by atoms with Gasteiger partial charge in [-0.1, -0.05) is 48.5 Å². The van der Waals surface area contributed by atoms with Gasteiger partial charge >= 0.3 is 0 Å². The van der Waals surface area contributed by atoms with Crippen molar-refractivity contribution in [3.63, 3.8) is 0 Å². The molecule has 0 spiro atoms. The molecule has 0 atom stereocenters. The smallest absolute Gasteiger partial charge is 0.251 e. The normalized spacial score (nSPS) is 10.6. The molecule has 0 bridgehead atoms. The fourth-order valence-corrected chi connectivity index (χ4v) is 2.66. The molecule has 3 aromatic carbocycles. The van der Waals surface area contributed by atoms with Gasteiger partial charge in [-0.3, -0.25) is 9.59 Å². The van der Waals surface area contributed by atoms with E-state index in [0.29, 0.717) is 11.3 Å². The zero-order valence-electron chi connectivity index (χ0n) is 15.0. The standard InChI is InChI=1S/C23H20N2O2/c1-24-23(27)19-11-13-21(14-12-19)25-22(26)15-10-17-6-5-9-20(16-17)18-7-3-2-4-8-18/h2-16H,1H3,(H,24,27)(H,25,26)/b15-10+. The molecule has 0 saturated carbocycles. The summed E-state index contributed by atoms with van der Waals surface area (Å²) in [6.07, 6.45) is 3.28. The Kier molecular flexibility index (Phi) is 5.80. The molecular weight excluding hydrogens is 336 g/mol. The number of carbonyl (C=O) groups is 2. The largest absolute Gasteiger partial charge is 0.355 e. The van der Waals surface area contributed by atoms with Crippen molar-refractivity contribution in [1.82, 2.24) is 5.32 Å². The minimum atomic E-state index is -0.229. The molecule has 0 aliphatic carbocycles. The van der Waals surface area contributed by atoms with Crippen molar-refractivity contribution in [2.75, 3.05) is 12.4 Å².